The lowest BCUT2D eigenvalue weighted by Crippen LogP contribution is -2.15. The fraction of sp³-hybridized carbons (Fsp3) is 0.0417. The topological polar surface area (TPSA) is 56.3 Å². The minimum atomic E-state index is -0.623. The minimum Gasteiger partial charge on any atom is -0.454 e. The van der Waals surface area contributed by atoms with Gasteiger partial charge in [-0.05, 0) is 48.5 Å². The van der Waals surface area contributed by atoms with Crippen molar-refractivity contribution in [1.29, 1.82) is 0 Å². The summed E-state index contributed by atoms with van der Waals surface area (Å²) >= 11 is 3.32. The lowest BCUT2D eigenvalue weighted by atomic mass is 10.0. The highest BCUT2D eigenvalue weighted by atomic mass is 79.9. The number of halogens is 2. The van der Waals surface area contributed by atoms with E-state index in [0.29, 0.717) is 33.3 Å². The monoisotopic (exact) mass is 463 g/mol. The summed E-state index contributed by atoms with van der Waals surface area (Å²) in [5.41, 5.74) is 2.54. The van der Waals surface area contributed by atoms with Crippen molar-refractivity contribution in [1.82, 2.24) is 4.98 Å². The van der Waals surface area contributed by atoms with E-state index in [9.17, 15) is 14.0 Å². The zero-order valence-corrected chi connectivity index (χ0v) is 17.2. The van der Waals surface area contributed by atoms with Crippen LogP contribution in [-0.2, 0) is 4.74 Å². The van der Waals surface area contributed by atoms with Crippen LogP contribution in [-0.4, -0.2) is 23.3 Å². The standard InChI is InChI=1S/C24H15BrFNO3/c25-17-9-5-16(6-10-17)23(28)14-30-24(29)20-13-22(15-7-11-18(26)12-8-15)27-21-4-2-1-3-19(20)21/h1-13H,14H2. The molecule has 0 saturated heterocycles. The van der Waals surface area contributed by atoms with Gasteiger partial charge in [-0.1, -0.05) is 46.3 Å². The van der Waals surface area contributed by atoms with Gasteiger partial charge < -0.3 is 4.74 Å². The van der Waals surface area contributed by atoms with Gasteiger partial charge in [0.25, 0.3) is 0 Å². The number of ether oxygens (including phenoxy) is 1. The van der Waals surface area contributed by atoms with Crippen molar-refractivity contribution in [3.8, 4) is 11.3 Å². The number of rotatable bonds is 5. The van der Waals surface area contributed by atoms with Crippen molar-refractivity contribution >= 4 is 38.6 Å². The number of para-hydroxylation sites is 1. The quantitative estimate of drug-likeness (QED) is 0.275. The predicted octanol–water partition coefficient (Wildman–Crippen LogP) is 5.84. The number of ketones is 1. The van der Waals surface area contributed by atoms with Gasteiger partial charge in [0.2, 0.25) is 0 Å². The lowest BCUT2D eigenvalue weighted by Gasteiger charge is -2.10. The van der Waals surface area contributed by atoms with Gasteiger partial charge in [-0.15, -0.1) is 0 Å². The number of hydrogen-bond acceptors (Lipinski definition) is 4. The van der Waals surface area contributed by atoms with Gasteiger partial charge in [0.15, 0.2) is 12.4 Å². The average molecular weight is 464 g/mol. The van der Waals surface area contributed by atoms with Crippen molar-refractivity contribution in [3.05, 3.63) is 100 Å². The van der Waals surface area contributed by atoms with Gasteiger partial charge in [0.1, 0.15) is 5.82 Å². The Morgan fingerprint density at radius 1 is 0.933 bits per heavy atom. The molecule has 0 atom stereocenters. The fourth-order valence-electron chi connectivity index (χ4n) is 3.04. The summed E-state index contributed by atoms with van der Waals surface area (Å²) in [4.78, 5) is 29.7. The normalized spacial score (nSPS) is 10.7. The molecule has 4 rings (SSSR count). The number of carbonyl (C=O) groups excluding carboxylic acids is 2. The van der Waals surface area contributed by atoms with E-state index in [4.69, 9.17) is 4.74 Å². The number of carbonyl (C=O) groups is 2. The van der Waals surface area contributed by atoms with Crippen molar-refractivity contribution in [2.45, 2.75) is 0 Å². The number of nitrogens with zero attached hydrogens (tertiary/aromatic N) is 1. The molecule has 0 radical (unpaired) electrons. The molecular weight excluding hydrogens is 449 g/mol. The van der Waals surface area contributed by atoms with E-state index in [-0.39, 0.29) is 18.2 Å². The van der Waals surface area contributed by atoms with E-state index in [0.717, 1.165) is 4.47 Å². The summed E-state index contributed by atoms with van der Waals surface area (Å²) in [7, 11) is 0. The van der Waals surface area contributed by atoms with Crippen LogP contribution >= 0.6 is 15.9 Å². The molecule has 1 aromatic heterocycles. The average Bonchev–Trinajstić information content (AvgIpc) is 2.77. The second-order valence-electron chi connectivity index (χ2n) is 6.59. The van der Waals surface area contributed by atoms with E-state index in [1.165, 1.54) is 12.1 Å². The molecule has 0 spiro atoms. The molecule has 0 unspecified atom stereocenters. The third-order valence-electron chi connectivity index (χ3n) is 4.58. The highest BCUT2D eigenvalue weighted by Gasteiger charge is 2.17. The Hall–Kier alpha value is -3.38. The fourth-order valence-corrected chi connectivity index (χ4v) is 3.31. The van der Waals surface area contributed by atoms with Crippen LogP contribution in [0.2, 0.25) is 0 Å². The second kappa shape index (κ2) is 8.55. The highest BCUT2D eigenvalue weighted by molar-refractivity contribution is 9.10. The zero-order chi connectivity index (χ0) is 21.1. The molecule has 1 heterocycles. The number of pyridine rings is 1. The maximum Gasteiger partial charge on any atom is 0.339 e. The molecule has 4 nitrogen and oxygen atoms in total. The first-order valence-electron chi connectivity index (χ1n) is 9.13. The minimum absolute atomic E-state index is 0.295. The highest BCUT2D eigenvalue weighted by Crippen LogP contribution is 2.25. The summed E-state index contributed by atoms with van der Waals surface area (Å²) in [6.45, 7) is -0.372. The molecule has 0 saturated carbocycles. The van der Waals surface area contributed by atoms with E-state index >= 15 is 0 Å². The van der Waals surface area contributed by atoms with Crippen molar-refractivity contribution in [2.75, 3.05) is 6.61 Å². The third kappa shape index (κ3) is 4.28. The van der Waals surface area contributed by atoms with Crippen LogP contribution < -0.4 is 0 Å². The largest absolute Gasteiger partial charge is 0.454 e. The van der Waals surface area contributed by atoms with Crippen LogP contribution in [0, 0.1) is 5.82 Å². The van der Waals surface area contributed by atoms with Crippen LogP contribution in [0.25, 0.3) is 22.2 Å². The Labute approximate surface area is 180 Å². The smallest absolute Gasteiger partial charge is 0.339 e. The molecule has 4 aromatic rings. The summed E-state index contributed by atoms with van der Waals surface area (Å²) < 4.78 is 19.4. The van der Waals surface area contributed by atoms with Crippen molar-refractivity contribution < 1.29 is 18.7 Å². The number of benzene rings is 3. The maximum atomic E-state index is 13.3. The van der Waals surface area contributed by atoms with Gasteiger partial charge in [0, 0.05) is 21.0 Å². The van der Waals surface area contributed by atoms with E-state index < -0.39 is 5.97 Å². The molecule has 30 heavy (non-hydrogen) atoms. The molecular formula is C24H15BrFNO3. The first-order valence-corrected chi connectivity index (χ1v) is 9.92. The summed E-state index contributed by atoms with van der Waals surface area (Å²) in [6.07, 6.45) is 0. The molecule has 0 aliphatic rings. The Morgan fingerprint density at radius 2 is 1.63 bits per heavy atom. The first-order chi connectivity index (χ1) is 14.5. The van der Waals surface area contributed by atoms with Gasteiger partial charge in [0.05, 0.1) is 16.8 Å². The van der Waals surface area contributed by atoms with Gasteiger partial charge >= 0.3 is 5.97 Å². The first kappa shape index (κ1) is 19.9. The SMILES string of the molecule is O=C(COC(=O)c1cc(-c2ccc(F)cc2)nc2ccccc12)c1ccc(Br)cc1. The third-order valence-corrected chi connectivity index (χ3v) is 5.11. The Bertz CT molecular complexity index is 1240. The summed E-state index contributed by atoms with van der Waals surface area (Å²) in [5.74, 6) is -1.28. The molecule has 6 heteroatoms. The lowest BCUT2D eigenvalue weighted by molar-refractivity contribution is 0.0476. The van der Waals surface area contributed by atoms with Gasteiger partial charge in [-0.3, -0.25) is 4.79 Å². The van der Waals surface area contributed by atoms with Gasteiger partial charge in [-0.2, -0.15) is 0 Å². The number of aromatic nitrogens is 1. The number of Topliss-reactive ketones (excluding diaryl/α,β-unsaturated/α-hetero) is 1. The molecule has 0 amide bonds. The van der Waals surface area contributed by atoms with Crippen LogP contribution in [0.3, 0.4) is 0 Å². The molecule has 0 fully saturated rings. The van der Waals surface area contributed by atoms with Crippen LogP contribution in [0.1, 0.15) is 20.7 Å². The molecule has 0 bridgehead atoms. The summed E-state index contributed by atoms with van der Waals surface area (Å²) in [5, 5.41) is 0.615. The summed E-state index contributed by atoms with van der Waals surface area (Å²) in [6, 6.07) is 21.4. The number of esters is 1. The van der Waals surface area contributed by atoms with Crippen molar-refractivity contribution in [2.24, 2.45) is 0 Å². The predicted molar refractivity (Wildman–Crippen MR) is 116 cm³/mol. The second-order valence-corrected chi connectivity index (χ2v) is 7.50. The van der Waals surface area contributed by atoms with E-state index in [1.54, 1.807) is 60.7 Å². The van der Waals surface area contributed by atoms with E-state index in [1.807, 2.05) is 6.07 Å². The Morgan fingerprint density at radius 3 is 2.37 bits per heavy atom. The molecule has 148 valence electrons. The van der Waals surface area contributed by atoms with Gasteiger partial charge in [-0.25, -0.2) is 14.2 Å². The molecule has 0 N–H and O–H groups in total. The van der Waals surface area contributed by atoms with Crippen LogP contribution in [0.5, 0.6) is 0 Å². The van der Waals surface area contributed by atoms with Crippen LogP contribution in [0.4, 0.5) is 4.39 Å². The molecule has 3 aromatic carbocycles. The Balaban J connectivity index is 1.63. The van der Waals surface area contributed by atoms with Crippen LogP contribution in [0.15, 0.2) is 83.3 Å². The molecule has 0 aliphatic heterocycles. The number of fused-ring (bicyclic) bond motifs is 1. The van der Waals surface area contributed by atoms with Crippen molar-refractivity contribution in [3.63, 3.8) is 0 Å². The van der Waals surface area contributed by atoms with E-state index in [2.05, 4.69) is 20.9 Å². The zero-order valence-electron chi connectivity index (χ0n) is 15.6. The Kier molecular flexibility index (Phi) is 5.68. The number of hydrogen-bond donors (Lipinski definition) is 0. The molecule has 0 aliphatic carbocycles. The maximum absolute atomic E-state index is 13.3.